The summed E-state index contributed by atoms with van der Waals surface area (Å²) in [7, 11) is 0. The van der Waals surface area contributed by atoms with Crippen molar-refractivity contribution in [2.75, 3.05) is 0 Å². The van der Waals surface area contributed by atoms with Gasteiger partial charge in [0.05, 0.1) is 5.69 Å². The highest BCUT2D eigenvalue weighted by Gasteiger charge is 2.37. The number of benzene rings is 3. The lowest BCUT2D eigenvalue weighted by atomic mass is 9.78. The number of hydrogen-bond donors (Lipinski definition) is 0. The lowest BCUT2D eigenvalue weighted by Gasteiger charge is -2.25. The van der Waals surface area contributed by atoms with E-state index in [1.165, 1.54) is 44.2 Å². The van der Waals surface area contributed by atoms with Crippen molar-refractivity contribution in [1.29, 1.82) is 0 Å². The Kier molecular flexibility index (Phi) is 3.77. The molecule has 0 saturated carbocycles. The molecule has 1 aromatic heterocycles. The Balaban J connectivity index is 1.76. The van der Waals surface area contributed by atoms with Gasteiger partial charge < -0.3 is 0 Å². The highest BCUT2D eigenvalue weighted by molar-refractivity contribution is 5.98. The number of pyridine rings is 1. The minimum Gasteiger partial charge on any atom is -0.256 e. The van der Waals surface area contributed by atoms with Gasteiger partial charge in [-0.2, -0.15) is 0 Å². The van der Waals surface area contributed by atoms with E-state index in [0.717, 1.165) is 5.69 Å². The quantitative estimate of drug-likeness (QED) is 0.334. The Hall–Kier alpha value is -2.93. The lowest BCUT2D eigenvalue weighted by Crippen LogP contribution is -2.16. The van der Waals surface area contributed by atoms with E-state index in [1.54, 1.807) is 0 Å². The molecule has 1 nitrogen and oxygen atoms in total. The molecule has 0 N–H and O–H groups in total. The highest BCUT2D eigenvalue weighted by Crippen LogP contribution is 2.52. The molecular weight excluding hydrogens is 350 g/mol. The lowest BCUT2D eigenvalue weighted by molar-refractivity contribution is 0.591. The van der Waals surface area contributed by atoms with Crippen LogP contribution in [0.3, 0.4) is 0 Å². The first-order valence-corrected chi connectivity index (χ1v) is 10.4. The summed E-state index contributed by atoms with van der Waals surface area (Å²) in [6, 6.07) is 24.5. The molecule has 144 valence electrons. The second kappa shape index (κ2) is 6.03. The van der Waals surface area contributed by atoms with Crippen molar-refractivity contribution in [2.45, 2.75) is 45.4 Å². The zero-order valence-electron chi connectivity index (χ0n) is 17.9. The molecule has 1 aliphatic carbocycles. The predicted octanol–water partition coefficient (Wildman–Crippen LogP) is 7.51. The van der Waals surface area contributed by atoms with E-state index in [2.05, 4.69) is 100 Å². The first-order valence-electron chi connectivity index (χ1n) is 10.4. The largest absolute Gasteiger partial charge is 0.256 e. The van der Waals surface area contributed by atoms with Gasteiger partial charge in [0.1, 0.15) is 0 Å². The number of fused-ring (bicyclic) bond motifs is 5. The molecule has 0 saturated heterocycles. The third-order valence-corrected chi connectivity index (χ3v) is 6.46. The molecule has 1 heterocycles. The maximum absolute atomic E-state index is 4.56. The molecule has 0 unspecified atom stereocenters. The van der Waals surface area contributed by atoms with Crippen LogP contribution in [0.15, 0.2) is 72.9 Å². The average Bonchev–Trinajstić information content (AvgIpc) is 2.94. The van der Waals surface area contributed by atoms with Crippen LogP contribution in [-0.2, 0) is 10.8 Å². The minimum absolute atomic E-state index is 0.0501. The first kappa shape index (κ1) is 18.1. The molecule has 3 aromatic carbocycles. The smallest absolute Gasteiger partial charge is 0.0702 e. The van der Waals surface area contributed by atoms with Gasteiger partial charge in [0.25, 0.3) is 0 Å². The summed E-state index contributed by atoms with van der Waals surface area (Å²) in [6.07, 6.45) is 1.87. The zero-order valence-corrected chi connectivity index (χ0v) is 17.9. The summed E-state index contributed by atoms with van der Waals surface area (Å²) < 4.78 is 0. The van der Waals surface area contributed by atoms with E-state index >= 15 is 0 Å². The fourth-order valence-corrected chi connectivity index (χ4v) is 4.81. The molecule has 1 heteroatoms. The Morgan fingerprint density at radius 1 is 0.793 bits per heavy atom. The number of hydrogen-bond acceptors (Lipinski definition) is 1. The zero-order chi connectivity index (χ0) is 20.4. The number of rotatable bonds is 1. The molecule has 1 aliphatic rings. The summed E-state index contributed by atoms with van der Waals surface area (Å²) in [5.74, 6) is 0. The first-order chi connectivity index (χ1) is 13.8. The van der Waals surface area contributed by atoms with Crippen molar-refractivity contribution >= 4 is 10.8 Å². The topological polar surface area (TPSA) is 12.9 Å². The summed E-state index contributed by atoms with van der Waals surface area (Å²) in [5, 5.41) is 2.71. The van der Waals surface area contributed by atoms with E-state index in [1.807, 2.05) is 12.3 Å². The summed E-state index contributed by atoms with van der Waals surface area (Å²) in [5.41, 5.74) is 9.26. The van der Waals surface area contributed by atoms with E-state index in [9.17, 15) is 0 Å². The van der Waals surface area contributed by atoms with E-state index in [0.29, 0.717) is 0 Å². The van der Waals surface area contributed by atoms with E-state index in [-0.39, 0.29) is 10.8 Å². The van der Waals surface area contributed by atoms with Gasteiger partial charge in [-0.3, -0.25) is 4.98 Å². The van der Waals surface area contributed by atoms with Gasteiger partial charge in [0.2, 0.25) is 0 Å². The molecule has 0 atom stereocenters. The van der Waals surface area contributed by atoms with Crippen LogP contribution in [0.5, 0.6) is 0 Å². The van der Waals surface area contributed by atoms with Gasteiger partial charge in [-0.05, 0) is 62.2 Å². The number of nitrogens with zero attached hydrogens (tertiary/aromatic N) is 1. The Morgan fingerprint density at radius 3 is 2.28 bits per heavy atom. The van der Waals surface area contributed by atoms with Crippen molar-refractivity contribution in [3.63, 3.8) is 0 Å². The molecule has 0 radical (unpaired) electrons. The molecule has 0 spiro atoms. The van der Waals surface area contributed by atoms with Gasteiger partial charge in [-0.15, -0.1) is 0 Å². The third-order valence-electron chi connectivity index (χ3n) is 6.46. The molecule has 4 aromatic rings. The van der Waals surface area contributed by atoms with Crippen LogP contribution in [-0.4, -0.2) is 4.98 Å². The van der Waals surface area contributed by atoms with Crippen molar-refractivity contribution in [1.82, 2.24) is 4.98 Å². The highest BCUT2D eigenvalue weighted by atomic mass is 14.7. The van der Waals surface area contributed by atoms with Crippen molar-refractivity contribution < 1.29 is 0 Å². The van der Waals surface area contributed by atoms with E-state index in [4.69, 9.17) is 0 Å². The molecule has 29 heavy (non-hydrogen) atoms. The molecule has 0 bridgehead atoms. The van der Waals surface area contributed by atoms with Gasteiger partial charge in [-0.1, -0.05) is 83.1 Å². The monoisotopic (exact) mass is 377 g/mol. The normalized spacial score (nSPS) is 14.7. The predicted molar refractivity (Wildman–Crippen MR) is 123 cm³/mol. The van der Waals surface area contributed by atoms with Crippen LogP contribution in [0, 0.1) is 0 Å². The third kappa shape index (κ3) is 2.72. The van der Waals surface area contributed by atoms with Crippen LogP contribution in [0.4, 0.5) is 0 Å². The molecular formula is C28H27N. The van der Waals surface area contributed by atoms with Gasteiger partial charge in [0.15, 0.2) is 0 Å². The van der Waals surface area contributed by atoms with Crippen molar-refractivity contribution in [2.24, 2.45) is 0 Å². The fourth-order valence-electron chi connectivity index (χ4n) is 4.81. The summed E-state index contributed by atoms with van der Waals surface area (Å²) in [4.78, 5) is 4.56. The maximum Gasteiger partial charge on any atom is 0.0702 e. The summed E-state index contributed by atoms with van der Waals surface area (Å²) in [6.45, 7) is 11.6. The summed E-state index contributed by atoms with van der Waals surface area (Å²) >= 11 is 0. The maximum atomic E-state index is 4.56. The molecule has 0 amide bonds. The standard InChI is InChI=1S/C28H27N/c1-27(2,3)20-12-9-18-10-14-22-21-13-11-19(25-8-6-7-15-29-25)16-24(21)28(4,5)26(22)23(18)17-20/h6-17H,1-5H3. The molecule has 0 aliphatic heterocycles. The second-order valence-electron chi connectivity index (χ2n) is 9.77. The van der Waals surface area contributed by atoms with Crippen molar-refractivity contribution in [3.8, 4) is 22.4 Å². The fraction of sp³-hybridized carbons (Fsp3) is 0.250. The van der Waals surface area contributed by atoms with Crippen LogP contribution in [0.1, 0.15) is 51.3 Å². The van der Waals surface area contributed by atoms with Crippen molar-refractivity contribution in [3.05, 3.63) is 89.6 Å². The van der Waals surface area contributed by atoms with Gasteiger partial charge >= 0.3 is 0 Å². The number of aromatic nitrogens is 1. The Labute approximate surface area is 173 Å². The van der Waals surface area contributed by atoms with Crippen LogP contribution >= 0.6 is 0 Å². The van der Waals surface area contributed by atoms with Crippen LogP contribution in [0.2, 0.25) is 0 Å². The van der Waals surface area contributed by atoms with Gasteiger partial charge in [0, 0.05) is 17.2 Å². The molecule has 5 rings (SSSR count). The van der Waals surface area contributed by atoms with E-state index < -0.39 is 0 Å². The Morgan fingerprint density at radius 2 is 1.55 bits per heavy atom. The average molecular weight is 378 g/mol. The van der Waals surface area contributed by atoms with Crippen LogP contribution in [0.25, 0.3) is 33.2 Å². The SMILES string of the molecule is CC(C)(C)c1ccc2ccc3c(c2c1)C(C)(C)c1cc(-c2ccccn2)ccc1-3. The van der Waals surface area contributed by atoms with Crippen LogP contribution < -0.4 is 0 Å². The minimum atomic E-state index is -0.0501. The molecule has 0 fully saturated rings. The van der Waals surface area contributed by atoms with Gasteiger partial charge in [-0.25, -0.2) is 0 Å². The Bertz CT molecular complexity index is 1240. The second-order valence-corrected chi connectivity index (χ2v) is 9.77.